The highest BCUT2D eigenvalue weighted by molar-refractivity contribution is 5.84. The summed E-state index contributed by atoms with van der Waals surface area (Å²) in [6, 6.07) is 0. The quantitative estimate of drug-likeness (QED) is 0.730. The monoisotopic (exact) mass is 212 g/mol. The number of rotatable bonds is 5. The summed E-state index contributed by atoms with van der Waals surface area (Å²) in [5.74, 6) is 0.169. The standard InChI is InChI=1S/C12H24N2O/c1-4-11(3,5-2)14-10(15)12(9-13)7-6-8-12/h4-9,13H2,1-3H3,(H,14,15). The maximum absolute atomic E-state index is 12.1. The molecule has 1 saturated carbocycles. The molecule has 0 bridgehead atoms. The van der Waals surface area contributed by atoms with E-state index < -0.39 is 0 Å². The average Bonchev–Trinajstić information content (AvgIpc) is 2.17. The van der Waals surface area contributed by atoms with Crippen LogP contribution in [0.4, 0.5) is 0 Å². The van der Waals surface area contributed by atoms with Gasteiger partial charge in [0.05, 0.1) is 5.41 Å². The minimum absolute atomic E-state index is 0.0607. The van der Waals surface area contributed by atoms with Crippen LogP contribution in [0.1, 0.15) is 52.9 Å². The molecule has 0 aromatic heterocycles. The van der Waals surface area contributed by atoms with Gasteiger partial charge in [-0.2, -0.15) is 0 Å². The van der Waals surface area contributed by atoms with Crippen LogP contribution in [0.15, 0.2) is 0 Å². The minimum atomic E-state index is -0.244. The fraction of sp³-hybridized carbons (Fsp3) is 0.917. The molecule has 1 rings (SSSR count). The third-order valence-electron chi connectivity index (χ3n) is 4.16. The van der Waals surface area contributed by atoms with Gasteiger partial charge in [-0.15, -0.1) is 0 Å². The normalized spacial score (nSPS) is 19.5. The highest BCUT2D eigenvalue weighted by Gasteiger charge is 2.44. The maximum Gasteiger partial charge on any atom is 0.227 e. The SMILES string of the molecule is CCC(C)(CC)NC(=O)C1(CN)CCC1. The molecule has 0 heterocycles. The van der Waals surface area contributed by atoms with Gasteiger partial charge >= 0.3 is 0 Å². The Morgan fingerprint density at radius 1 is 1.40 bits per heavy atom. The highest BCUT2D eigenvalue weighted by atomic mass is 16.2. The summed E-state index contributed by atoms with van der Waals surface area (Å²) < 4.78 is 0. The minimum Gasteiger partial charge on any atom is -0.350 e. The van der Waals surface area contributed by atoms with Gasteiger partial charge in [0.15, 0.2) is 0 Å². The van der Waals surface area contributed by atoms with E-state index >= 15 is 0 Å². The molecule has 1 amide bonds. The molecule has 0 spiro atoms. The number of nitrogens with two attached hydrogens (primary N) is 1. The maximum atomic E-state index is 12.1. The van der Waals surface area contributed by atoms with Gasteiger partial charge in [0.1, 0.15) is 0 Å². The molecule has 1 fully saturated rings. The number of carbonyl (C=O) groups is 1. The molecule has 1 aliphatic carbocycles. The van der Waals surface area contributed by atoms with Crippen molar-refractivity contribution in [2.75, 3.05) is 6.54 Å². The van der Waals surface area contributed by atoms with E-state index in [1.807, 2.05) is 0 Å². The van der Waals surface area contributed by atoms with Gasteiger partial charge in [0, 0.05) is 12.1 Å². The Morgan fingerprint density at radius 3 is 2.20 bits per heavy atom. The lowest BCUT2D eigenvalue weighted by Crippen LogP contribution is -2.56. The van der Waals surface area contributed by atoms with Crippen LogP contribution >= 0.6 is 0 Å². The summed E-state index contributed by atoms with van der Waals surface area (Å²) in [5, 5.41) is 3.17. The number of nitrogens with one attached hydrogen (secondary N) is 1. The fourth-order valence-electron chi connectivity index (χ4n) is 1.96. The average molecular weight is 212 g/mol. The zero-order valence-electron chi connectivity index (χ0n) is 10.2. The van der Waals surface area contributed by atoms with Crippen LogP contribution in [-0.4, -0.2) is 18.0 Å². The first kappa shape index (κ1) is 12.5. The molecule has 0 aromatic rings. The summed E-state index contributed by atoms with van der Waals surface area (Å²) in [4.78, 5) is 12.1. The van der Waals surface area contributed by atoms with Crippen LogP contribution in [-0.2, 0) is 4.79 Å². The molecule has 0 unspecified atom stereocenters. The Hall–Kier alpha value is -0.570. The molecular formula is C12H24N2O. The molecule has 0 saturated heterocycles. The highest BCUT2D eigenvalue weighted by Crippen LogP contribution is 2.40. The molecule has 0 aliphatic heterocycles. The van der Waals surface area contributed by atoms with Crippen LogP contribution in [0.25, 0.3) is 0 Å². The van der Waals surface area contributed by atoms with Crippen molar-refractivity contribution in [2.24, 2.45) is 11.1 Å². The van der Waals surface area contributed by atoms with Crippen molar-refractivity contribution in [3.63, 3.8) is 0 Å². The first-order chi connectivity index (χ1) is 7.02. The molecule has 3 N–H and O–H groups in total. The van der Waals surface area contributed by atoms with E-state index in [2.05, 4.69) is 26.1 Å². The van der Waals surface area contributed by atoms with E-state index in [4.69, 9.17) is 5.73 Å². The summed E-state index contributed by atoms with van der Waals surface area (Å²) in [7, 11) is 0. The smallest absolute Gasteiger partial charge is 0.227 e. The van der Waals surface area contributed by atoms with Gasteiger partial charge in [0.25, 0.3) is 0 Å². The number of carbonyl (C=O) groups excluding carboxylic acids is 1. The Bertz CT molecular complexity index is 224. The van der Waals surface area contributed by atoms with Crippen LogP contribution in [0.3, 0.4) is 0 Å². The summed E-state index contributed by atoms with van der Waals surface area (Å²) >= 11 is 0. The Balaban J connectivity index is 2.61. The predicted molar refractivity (Wildman–Crippen MR) is 62.5 cm³/mol. The summed E-state index contributed by atoms with van der Waals surface area (Å²) in [6.45, 7) is 6.81. The van der Waals surface area contributed by atoms with Gasteiger partial charge in [-0.25, -0.2) is 0 Å². The molecule has 0 radical (unpaired) electrons. The summed E-state index contributed by atoms with van der Waals surface area (Å²) in [6.07, 6.45) is 4.99. The van der Waals surface area contributed by atoms with E-state index in [0.717, 1.165) is 32.1 Å². The lowest BCUT2D eigenvalue weighted by atomic mass is 9.67. The Kier molecular flexibility index (Phi) is 3.77. The Morgan fingerprint density at radius 2 is 1.93 bits per heavy atom. The second kappa shape index (κ2) is 4.52. The van der Waals surface area contributed by atoms with Crippen molar-refractivity contribution >= 4 is 5.91 Å². The van der Waals surface area contributed by atoms with Crippen molar-refractivity contribution in [3.8, 4) is 0 Å². The van der Waals surface area contributed by atoms with Crippen molar-refractivity contribution in [1.29, 1.82) is 0 Å². The van der Waals surface area contributed by atoms with Crippen molar-refractivity contribution in [2.45, 2.75) is 58.4 Å². The predicted octanol–water partition coefficient (Wildman–Crippen LogP) is 1.81. The van der Waals surface area contributed by atoms with Crippen LogP contribution in [0.5, 0.6) is 0 Å². The molecular weight excluding hydrogens is 188 g/mol. The van der Waals surface area contributed by atoms with E-state index in [-0.39, 0.29) is 16.9 Å². The Labute approximate surface area is 92.8 Å². The second-order valence-electron chi connectivity index (χ2n) is 5.06. The molecule has 15 heavy (non-hydrogen) atoms. The third kappa shape index (κ3) is 2.33. The topological polar surface area (TPSA) is 55.1 Å². The number of hydrogen-bond donors (Lipinski definition) is 2. The van der Waals surface area contributed by atoms with E-state index in [0.29, 0.717) is 6.54 Å². The lowest BCUT2D eigenvalue weighted by molar-refractivity contribution is -0.137. The largest absolute Gasteiger partial charge is 0.350 e. The number of amides is 1. The van der Waals surface area contributed by atoms with E-state index in [9.17, 15) is 4.79 Å². The van der Waals surface area contributed by atoms with E-state index in [1.54, 1.807) is 0 Å². The molecule has 3 nitrogen and oxygen atoms in total. The molecule has 88 valence electrons. The summed E-state index contributed by atoms with van der Waals surface area (Å²) in [5.41, 5.74) is 5.41. The third-order valence-corrected chi connectivity index (χ3v) is 4.16. The van der Waals surface area contributed by atoms with Crippen LogP contribution < -0.4 is 11.1 Å². The van der Waals surface area contributed by atoms with Gasteiger partial charge in [0.2, 0.25) is 5.91 Å². The van der Waals surface area contributed by atoms with Gasteiger partial charge in [-0.05, 0) is 32.6 Å². The zero-order valence-corrected chi connectivity index (χ0v) is 10.2. The van der Waals surface area contributed by atoms with E-state index in [1.165, 1.54) is 0 Å². The zero-order chi connectivity index (χ0) is 11.5. The number of hydrogen-bond acceptors (Lipinski definition) is 2. The first-order valence-electron chi connectivity index (χ1n) is 6.04. The van der Waals surface area contributed by atoms with Crippen LogP contribution in [0.2, 0.25) is 0 Å². The molecule has 0 aromatic carbocycles. The molecule has 3 heteroatoms. The first-order valence-corrected chi connectivity index (χ1v) is 6.04. The molecule has 1 aliphatic rings. The van der Waals surface area contributed by atoms with Gasteiger partial charge < -0.3 is 11.1 Å². The van der Waals surface area contributed by atoms with Crippen LogP contribution in [0, 0.1) is 5.41 Å². The lowest BCUT2D eigenvalue weighted by Gasteiger charge is -2.42. The van der Waals surface area contributed by atoms with Crippen molar-refractivity contribution in [3.05, 3.63) is 0 Å². The molecule has 0 atom stereocenters. The fourth-order valence-corrected chi connectivity index (χ4v) is 1.96. The van der Waals surface area contributed by atoms with Gasteiger partial charge in [-0.3, -0.25) is 4.79 Å². The van der Waals surface area contributed by atoms with Gasteiger partial charge in [-0.1, -0.05) is 20.3 Å². The second-order valence-corrected chi connectivity index (χ2v) is 5.06. The van der Waals surface area contributed by atoms with Crippen molar-refractivity contribution in [1.82, 2.24) is 5.32 Å². The van der Waals surface area contributed by atoms with Crippen molar-refractivity contribution < 1.29 is 4.79 Å².